The molecule has 1 rings (SSSR count). The van der Waals surface area contributed by atoms with Crippen LogP contribution in [0.3, 0.4) is 0 Å². The molecule has 1 fully saturated rings. The molecule has 0 radical (unpaired) electrons. The largest absolute Gasteiger partial charge is 0.480 e. The highest BCUT2D eigenvalue weighted by atomic mass is 32.2. The van der Waals surface area contributed by atoms with Gasteiger partial charge in [-0.2, -0.15) is 0 Å². The monoisotopic (exact) mass is 278 g/mol. The first-order valence-electron chi connectivity index (χ1n) is 5.69. The third kappa shape index (κ3) is 3.86. The van der Waals surface area contributed by atoms with Gasteiger partial charge in [0.2, 0.25) is 0 Å². The Bertz CT molecular complexity index is 420. The highest BCUT2D eigenvalue weighted by Crippen LogP contribution is 2.12. The number of nitrogens with one attached hydrogen (secondary N) is 1. The van der Waals surface area contributed by atoms with E-state index < -0.39 is 27.9 Å². The van der Waals surface area contributed by atoms with Crippen molar-refractivity contribution in [1.82, 2.24) is 10.2 Å². The van der Waals surface area contributed by atoms with Gasteiger partial charge < -0.3 is 15.3 Å². The van der Waals surface area contributed by atoms with Crippen molar-refractivity contribution in [2.75, 3.05) is 18.6 Å². The first-order valence-corrected chi connectivity index (χ1v) is 7.51. The van der Waals surface area contributed by atoms with Gasteiger partial charge in [0.1, 0.15) is 15.9 Å². The SMILES string of the molecule is CC(C(=O)O)N(C)C(=O)NC1CCS(=O)(=O)CC1. The summed E-state index contributed by atoms with van der Waals surface area (Å²) in [6, 6.07) is -1.61. The maximum Gasteiger partial charge on any atom is 0.326 e. The zero-order valence-corrected chi connectivity index (χ0v) is 11.2. The van der Waals surface area contributed by atoms with E-state index in [-0.39, 0.29) is 17.5 Å². The second-order valence-corrected chi connectivity index (χ2v) is 6.80. The van der Waals surface area contributed by atoms with Gasteiger partial charge in [0.05, 0.1) is 11.5 Å². The number of hydrogen-bond acceptors (Lipinski definition) is 4. The summed E-state index contributed by atoms with van der Waals surface area (Å²) in [5, 5.41) is 11.4. The zero-order valence-electron chi connectivity index (χ0n) is 10.4. The van der Waals surface area contributed by atoms with Crippen LogP contribution in [0.5, 0.6) is 0 Å². The molecule has 1 unspecified atom stereocenters. The molecule has 1 saturated heterocycles. The summed E-state index contributed by atoms with van der Waals surface area (Å²) < 4.78 is 22.4. The van der Waals surface area contributed by atoms with E-state index in [4.69, 9.17) is 5.11 Å². The number of carbonyl (C=O) groups excluding carboxylic acids is 1. The lowest BCUT2D eigenvalue weighted by Gasteiger charge is -2.27. The first-order chi connectivity index (χ1) is 8.23. The number of sulfone groups is 1. The molecule has 0 aromatic rings. The molecule has 0 bridgehead atoms. The van der Waals surface area contributed by atoms with Crippen molar-refractivity contribution in [1.29, 1.82) is 0 Å². The molecular weight excluding hydrogens is 260 g/mol. The zero-order chi connectivity index (χ0) is 13.9. The number of carbonyl (C=O) groups is 2. The van der Waals surface area contributed by atoms with Crippen molar-refractivity contribution in [2.24, 2.45) is 0 Å². The highest BCUT2D eigenvalue weighted by molar-refractivity contribution is 7.91. The van der Waals surface area contributed by atoms with Crippen molar-refractivity contribution in [3.63, 3.8) is 0 Å². The molecule has 8 heteroatoms. The van der Waals surface area contributed by atoms with E-state index in [1.165, 1.54) is 14.0 Å². The van der Waals surface area contributed by atoms with Crippen LogP contribution in [0.15, 0.2) is 0 Å². The normalized spacial score (nSPS) is 21.0. The Morgan fingerprint density at radius 2 is 1.83 bits per heavy atom. The maximum atomic E-state index is 11.7. The molecule has 0 saturated carbocycles. The Balaban J connectivity index is 2.49. The van der Waals surface area contributed by atoms with Gasteiger partial charge in [-0.15, -0.1) is 0 Å². The van der Waals surface area contributed by atoms with Crippen molar-refractivity contribution < 1.29 is 23.1 Å². The number of carboxylic acids is 1. The Morgan fingerprint density at radius 1 is 1.33 bits per heavy atom. The molecule has 0 aromatic heterocycles. The van der Waals surface area contributed by atoms with Crippen molar-refractivity contribution >= 4 is 21.8 Å². The lowest BCUT2D eigenvalue weighted by molar-refractivity contribution is -0.141. The molecule has 2 N–H and O–H groups in total. The number of urea groups is 1. The van der Waals surface area contributed by atoms with Gasteiger partial charge in [-0.3, -0.25) is 0 Å². The predicted molar refractivity (Wildman–Crippen MR) is 65.1 cm³/mol. The van der Waals surface area contributed by atoms with Crippen LogP contribution in [-0.4, -0.2) is 61.1 Å². The smallest absolute Gasteiger partial charge is 0.326 e. The fraction of sp³-hybridized carbons (Fsp3) is 0.800. The van der Waals surface area contributed by atoms with Crippen LogP contribution in [0.1, 0.15) is 19.8 Å². The minimum absolute atomic E-state index is 0.0656. The number of likely N-dealkylation sites (N-methyl/N-ethyl adjacent to an activating group) is 1. The number of amides is 2. The van der Waals surface area contributed by atoms with Gasteiger partial charge >= 0.3 is 12.0 Å². The minimum atomic E-state index is -2.96. The van der Waals surface area contributed by atoms with E-state index in [1.807, 2.05) is 0 Å². The van der Waals surface area contributed by atoms with E-state index in [1.54, 1.807) is 0 Å². The first kappa shape index (κ1) is 14.7. The average Bonchev–Trinajstić information content (AvgIpc) is 2.29. The number of hydrogen-bond donors (Lipinski definition) is 2. The lowest BCUT2D eigenvalue weighted by Crippen LogP contribution is -2.50. The Morgan fingerprint density at radius 3 is 2.28 bits per heavy atom. The molecule has 104 valence electrons. The number of nitrogens with zero attached hydrogens (tertiary/aromatic N) is 1. The van der Waals surface area contributed by atoms with E-state index >= 15 is 0 Å². The summed E-state index contributed by atoms with van der Waals surface area (Å²) in [5.41, 5.74) is 0. The van der Waals surface area contributed by atoms with Gasteiger partial charge in [0.25, 0.3) is 0 Å². The summed E-state index contributed by atoms with van der Waals surface area (Å²) in [5.74, 6) is -0.953. The topological polar surface area (TPSA) is 104 Å². The fourth-order valence-corrected chi connectivity index (χ4v) is 3.14. The quantitative estimate of drug-likeness (QED) is 0.736. The summed E-state index contributed by atoms with van der Waals surface area (Å²) in [6.07, 6.45) is 0.757. The van der Waals surface area contributed by atoms with E-state index in [9.17, 15) is 18.0 Å². The fourth-order valence-electron chi connectivity index (χ4n) is 1.65. The summed E-state index contributed by atoms with van der Waals surface area (Å²) in [7, 11) is -1.56. The number of carboxylic acid groups (broad SMARTS) is 1. The second kappa shape index (κ2) is 5.55. The predicted octanol–water partition coefficient (Wildman–Crippen LogP) is -0.322. The molecule has 1 atom stereocenters. The molecule has 1 aliphatic heterocycles. The Hall–Kier alpha value is -1.31. The second-order valence-electron chi connectivity index (χ2n) is 4.50. The van der Waals surface area contributed by atoms with Crippen LogP contribution >= 0.6 is 0 Å². The van der Waals surface area contributed by atoms with E-state index in [2.05, 4.69) is 5.32 Å². The molecule has 2 amide bonds. The lowest BCUT2D eigenvalue weighted by atomic mass is 10.1. The van der Waals surface area contributed by atoms with Crippen molar-refractivity contribution in [3.8, 4) is 0 Å². The number of rotatable bonds is 3. The van der Waals surface area contributed by atoms with Gasteiger partial charge in [-0.1, -0.05) is 0 Å². The van der Waals surface area contributed by atoms with Crippen LogP contribution in [0, 0.1) is 0 Å². The molecule has 1 aliphatic rings. The molecule has 0 aromatic carbocycles. The molecule has 0 aliphatic carbocycles. The maximum absolute atomic E-state index is 11.7. The van der Waals surface area contributed by atoms with Gasteiger partial charge in [-0.05, 0) is 19.8 Å². The van der Waals surface area contributed by atoms with Crippen molar-refractivity contribution in [3.05, 3.63) is 0 Å². The van der Waals surface area contributed by atoms with Crippen LogP contribution in [0.25, 0.3) is 0 Å². The van der Waals surface area contributed by atoms with Gasteiger partial charge in [-0.25, -0.2) is 18.0 Å². The summed E-state index contributed by atoms with van der Waals surface area (Å²) >= 11 is 0. The third-order valence-electron chi connectivity index (χ3n) is 3.14. The standard InChI is InChI=1S/C10H18N2O5S/c1-7(9(13)14)12(2)10(15)11-8-3-5-18(16,17)6-4-8/h7-8H,3-6H2,1-2H3,(H,11,15)(H,13,14). The third-order valence-corrected chi connectivity index (χ3v) is 4.86. The van der Waals surface area contributed by atoms with E-state index in [0.29, 0.717) is 12.8 Å². The Labute approximate surface area is 106 Å². The van der Waals surface area contributed by atoms with Crippen LogP contribution in [0.2, 0.25) is 0 Å². The molecule has 0 spiro atoms. The Kier molecular flexibility index (Phi) is 4.55. The summed E-state index contributed by atoms with van der Waals surface area (Å²) in [6.45, 7) is 1.41. The van der Waals surface area contributed by atoms with Crippen LogP contribution < -0.4 is 5.32 Å². The molecular formula is C10H18N2O5S. The van der Waals surface area contributed by atoms with Gasteiger partial charge in [0.15, 0.2) is 0 Å². The molecule has 18 heavy (non-hydrogen) atoms. The van der Waals surface area contributed by atoms with Crippen LogP contribution in [-0.2, 0) is 14.6 Å². The number of aliphatic carboxylic acids is 1. The average molecular weight is 278 g/mol. The molecule has 7 nitrogen and oxygen atoms in total. The van der Waals surface area contributed by atoms with Gasteiger partial charge in [0, 0.05) is 13.1 Å². The molecule has 1 heterocycles. The highest BCUT2D eigenvalue weighted by Gasteiger charge is 2.27. The van der Waals surface area contributed by atoms with E-state index in [0.717, 1.165) is 4.90 Å². The summed E-state index contributed by atoms with van der Waals surface area (Å²) in [4.78, 5) is 23.5. The van der Waals surface area contributed by atoms with Crippen molar-refractivity contribution in [2.45, 2.75) is 31.8 Å². The van der Waals surface area contributed by atoms with Crippen LogP contribution in [0.4, 0.5) is 4.79 Å². The minimum Gasteiger partial charge on any atom is -0.480 e.